The number of carbonyl (C=O) groups excluding carboxylic acids is 1. The molecule has 2 aromatic rings. The number of hydrogen-bond acceptors (Lipinski definition) is 6. The van der Waals surface area contributed by atoms with Crippen molar-refractivity contribution in [3.05, 3.63) is 35.0 Å². The monoisotopic (exact) mass is 291 g/mol. The smallest absolute Gasteiger partial charge is 0.339 e. The maximum Gasteiger partial charge on any atom is 0.339 e. The van der Waals surface area contributed by atoms with Crippen LogP contribution in [-0.2, 0) is 4.74 Å². The highest BCUT2D eigenvalue weighted by atomic mass is 32.1. The average Bonchev–Trinajstić information content (AvgIpc) is 2.88. The summed E-state index contributed by atoms with van der Waals surface area (Å²) in [5.74, 6) is 0.701. The minimum absolute atomic E-state index is 0.357. The topological polar surface area (TPSA) is 64.1 Å². The second kappa shape index (κ2) is 6.47. The van der Waals surface area contributed by atoms with Crippen molar-refractivity contribution in [2.24, 2.45) is 0 Å². The lowest BCUT2D eigenvalue weighted by Gasteiger charge is -2.04. The largest absolute Gasteiger partial charge is 0.462 e. The zero-order valence-corrected chi connectivity index (χ0v) is 12.5. The van der Waals surface area contributed by atoms with E-state index in [4.69, 9.17) is 4.74 Å². The van der Waals surface area contributed by atoms with E-state index >= 15 is 0 Å². The van der Waals surface area contributed by atoms with E-state index in [1.165, 1.54) is 17.5 Å². The number of hydrogen-bond donors (Lipinski definition) is 1. The standard InChI is InChI=1S/C14H17N3O2S/c1-4-19-13(18)10-5-6-12(15-7-10)17-14-16-11(8-20-14)9(2)3/h5-9H,4H2,1-3H3,(H,15,16,17). The van der Waals surface area contributed by atoms with Crippen molar-refractivity contribution in [3.63, 3.8) is 0 Å². The summed E-state index contributed by atoms with van der Waals surface area (Å²) in [6, 6.07) is 3.42. The molecule has 106 valence electrons. The lowest BCUT2D eigenvalue weighted by molar-refractivity contribution is 0.0526. The number of nitrogens with zero attached hydrogens (tertiary/aromatic N) is 2. The molecule has 0 unspecified atom stereocenters. The summed E-state index contributed by atoms with van der Waals surface area (Å²) in [5, 5.41) is 5.95. The Balaban J connectivity index is 2.04. The quantitative estimate of drug-likeness (QED) is 0.853. The fourth-order valence-corrected chi connectivity index (χ4v) is 2.40. The molecule has 0 aliphatic heterocycles. The molecular weight excluding hydrogens is 274 g/mol. The van der Waals surface area contributed by atoms with Crippen LogP contribution in [0, 0.1) is 0 Å². The number of thiazole rings is 1. The Morgan fingerprint density at radius 3 is 2.80 bits per heavy atom. The summed E-state index contributed by atoms with van der Waals surface area (Å²) in [6.07, 6.45) is 1.50. The molecule has 0 radical (unpaired) electrons. The minimum Gasteiger partial charge on any atom is -0.462 e. The predicted octanol–water partition coefficient (Wildman–Crippen LogP) is 3.58. The fourth-order valence-electron chi connectivity index (χ4n) is 1.52. The van der Waals surface area contributed by atoms with Gasteiger partial charge in [0.1, 0.15) is 5.82 Å². The zero-order valence-electron chi connectivity index (χ0n) is 11.7. The van der Waals surface area contributed by atoms with Gasteiger partial charge in [-0.3, -0.25) is 0 Å². The average molecular weight is 291 g/mol. The number of ether oxygens (including phenoxy) is 1. The van der Waals surface area contributed by atoms with Gasteiger partial charge >= 0.3 is 5.97 Å². The highest BCUT2D eigenvalue weighted by molar-refractivity contribution is 7.13. The zero-order chi connectivity index (χ0) is 14.5. The van der Waals surface area contributed by atoms with Crippen molar-refractivity contribution < 1.29 is 9.53 Å². The lowest BCUT2D eigenvalue weighted by Crippen LogP contribution is -2.05. The van der Waals surface area contributed by atoms with Gasteiger partial charge in [0.25, 0.3) is 0 Å². The lowest BCUT2D eigenvalue weighted by atomic mass is 10.2. The van der Waals surface area contributed by atoms with Crippen LogP contribution in [0.3, 0.4) is 0 Å². The van der Waals surface area contributed by atoms with Crippen LogP contribution in [0.15, 0.2) is 23.7 Å². The van der Waals surface area contributed by atoms with E-state index < -0.39 is 0 Å². The van der Waals surface area contributed by atoms with Gasteiger partial charge in [0.05, 0.1) is 17.9 Å². The molecule has 0 spiro atoms. The summed E-state index contributed by atoms with van der Waals surface area (Å²) in [6.45, 7) is 6.34. The third-order valence-electron chi connectivity index (χ3n) is 2.62. The molecule has 2 aromatic heterocycles. The van der Waals surface area contributed by atoms with E-state index in [2.05, 4.69) is 29.1 Å². The van der Waals surface area contributed by atoms with Crippen LogP contribution in [0.25, 0.3) is 0 Å². The first-order valence-electron chi connectivity index (χ1n) is 6.45. The number of anilines is 2. The normalized spacial score (nSPS) is 10.6. The first kappa shape index (κ1) is 14.5. The number of carbonyl (C=O) groups is 1. The SMILES string of the molecule is CCOC(=O)c1ccc(Nc2nc(C(C)C)cs2)nc1. The molecule has 0 aliphatic rings. The number of pyridine rings is 1. The highest BCUT2D eigenvalue weighted by Gasteiger charge is 2.08. The van der Waals surface area contributed by atoms with E-state index in [9.17, 15) is 4.79 Å². The van der Waals surface area contributed by atoms with Crippen LogP contribution in [0.4, 0.5) is 10.9 Å². The molecule has 0 saturated heterocycles. The Kier molecular flexibility index (Phi) is 4.68. The molecule has 20 heavy (non-hydrogen) atoms. The fraction of sp³-hybridized carbons (Fsp3) is 0.357. The second-order valence-electron chi connectivity index (χ2n) is 4.51. The minimum atomic E-state index is -0.358. The van der Waals surface area contributed by atoms with Crippen molar-refractivity contribution >= 4 is 28.3 Å². The van der Waals surface area contributed by atoms with Gasteiger partial charge in [-0.1, -0.05) is 13.8 Å². The molecule has 0 atom stereocenters. The first-order valence-corrected chi connectivity index (χ1v) is 7.33. The Hall–Kier alpha value is -1.95. The second-order valence-corrected chi connectivity index (χ2v) is 5.37. The van der Waals surface area contributed by atoms with Gasteiger partial charge in [-0.25, -0.2) is 14.8 Å². The number of rotatable bonds is 5. The molecule has 0 aromatic carbocycles. The molecule has 5 nitrogen and oxygen atoms in total. The van der Waals surface area contributed by atoms with Crippen molar-refractivity contribution in [1.29, 1.82) is 0 Å². The summed E-state index contributed by atoms with van der Waals surface area (Å²) < 4.78 is 4.91. The van der Waals surface area contributed by atoms with Gasteiger partial charge in [0, 0.05) is 11.6 Å². The molecule has 1 N–H and O–H groups in total. The molecule has 6 heteroatoms. The van der Waals surface area contributed by atoms with Crippen LogP contribution in [-0.4, -0.2) is 22.5 Å². The van der Waals surface area contributed by atoms with Crippen molar-refractivity contribution in [2.45, 2.75) is 26.7 Å². The van der Waals surface area contributed by atoms with Gasteiger partial charge < -0.3 is 10.1 Å². The van der Waals surface area contributed by atoms with E-state index in [1.807, 2.05) is 5.38 Å². The van der Waals surface area contributed by atoms with Gasteiger partial charge in [-0.15, -0.1) is 11.3 Å². The van der Waals surface area contributed by atoms with E-state index in [1.54, 1.807) is 19.1 Å². The Bertz CT molecular complexity index is 578. The van der Waals surface area contributed by atoms with Crippen molar-refractivity contribution in [1.82, 2.24) is 9.97 Å². The Morgan fingerprint density at radius 1 is 1.45 bits per heavy atom. The summed E-state index contributed by atoms with van der Waals surface area (Å²) in [4.78, 5) is 20.2. The van der Waals surface area contributed by atoms with Crippen LogP contribution in [0.2, 0.25) is 0 Å². The maximum absolute atomic E-state index is 11.5. The van der Waals surface area contributed by atoms with Gasteiger partial charge in [-0.05, 0) is 25.0 Å². The van der Waals surface area contributed by atoms with Crippen LogP contribution >= 0.6 is 11.3 Å². The molecule has 0 bridgehead atoms. The van der Waals surface area contributed by atoms with Crippen molar-refractivity contribution in [2.75, 3.05) is 11.9 Å². The summed E-state index contributed by atoms with van der Waals surface area (Å²) in [7, 11) is 0. The van der Waals surface area contributed by atoms with Gasteiger partial charge in [-0.2, -0.15) is 0 Å². The van der Waals surface area contributed by atoms with E-state index in [0.29, 0.717) is 23.9 Å². The molecule has 0 amide bonds. The van der Waals surface area contributed by atoms with Crippen LogP contribution in [0.5, 0.6) is 0 Å². The predicted molar refractivity (Wildman–Crippen MR) is 79.7 cm³/mol. The van der Waals surface area contributed by atoms with Crippen LogP contribution < -0.4 is 5.32 Å². The summed E-state index contributed by atoms with van der Waals surface area (Å²) in [5.41, 5.74) is 1.50. The van der Waals surface area contributed by atoms with Gasteiger partial charge in [0.2, 0.25) is 0 Å². The molecule has 0 aliphatic carbocycles. The third-order valence-corrected chi connectivity index (χ3v) is 3.40. The number of aromatic nitrogens is 2. The molecule has 2 heterocycles. The molecule has 2 rings (SSSR count). The molecular formula is C14H17N3O2S. The molecule has 0 saturated carbocycles. The highest BCUT2D eigenvalue weighted by Crippen LogP contribution is 2.23. The Morgan fingerprint density at radius 2 is 2.25 bits per heavy atom. The van der Waals surface area contributed by atoms with Crippen LogP contribution in [0.1, 0.15) is 42.7 Å². The number of nitrogens with one attached hydrogen (secondary N) is 1. The van der Waals surface area contributed by atoms with E-state index in [0.717, 1.165) is 10.8 Å². The maximum atomic E-state index is 11.5. The summed E-state index contributed by atoms with van der Waals surface area (Å²) >= 11 is 1.54. The first-order chi connectivity index (χ1) is 9.60. The van der Waals surface area contributed by atoms with Crippen molar-refractivity contribution in [3.8, 4) is 0 Å². The third kappa shape index (κ3) is 3.54. The Labute approximate surface area is 122 Å². The molecule has 0 fully saturated rings. The van der Waals surface area contributed by atoms with Gasteiger partial charge in [0.15, 0.2) is 5.13 Å². The number of esters is 1. The van der Waals surface area contributed by atoms with E-state index in [-0.39, 0.29) is 5.97 Å².